The van der Waals surface area contributed by atoms with Crippen LogP contribution in [0, 0.1) is 0 Å². The number of carbonyl (C=O) groups is 1. The highest BCUT2D eigenvalue weighted by Gasteiger charge is 2.16. The van der Waals surface area contributed by atoms with E-state index in [0.717, 1.165) is 13.1 Å². The number of carbonyl (C=O) groups excluding carboxylic acids is 1. The Balaban J connectivity index is 1.74. The molecule has 1 aromatic carbocycles. The van der Waals surface area contributed by atoms with E-state index in [2.05, 4.69) is 47.9 Å². The fraction of sp³-hybridized carbons (Fsp3) is 0.788. The number of hydrogen-bond donors (Lipinski definition) is 0. The number of benzene rings is 1. The Morgan fingerprint density at radius 2 is 0.972 bits per heavy atom. The molecular weight excluding hydrogens is 440 g/mol. The van der Waals surface area contributed by atoms with Crippen LogP contribution in [0.2, 0.25) is 0 Å². The van der Waals surface area contributed by atoms with Gasteiger partial charge in [0, 0.05) is 50.4 Å². The van der Waals surface area contributed by atoms with Crippen molar-refractivity contribution in [2.45, 2.75) is 142 Å². The maximum Gasteiger partial charge on any atom is 0.136 e. The van der Waals surface area contributed by atoms with Gasteiger partial charge in [-0.05, 0) is 37.1 Å². The lowest BCUT2D eigenvalue weighted by molar-refractivity contribution is -0.119. The number of hydrogen-bond acceptors (Lipinski definition) is 3. The van der Waals surface area contributed by atoms with Crippen LogP contribution in [0.4, 0.5) is 11.4 Å². The van der Waals surface area contributed by atoms with Gasteiger partial charge in [-0.1, -0.05) is 117 Å². The molecule has 2 rings (SSSR count). The van der Waals surface area contributed by atoms with Gasteiger partial charge < -0.3 is 9.80 Å². The third-order valence-electron chi connectivity index (χ3n) is 7.96. The molecule has 0 aromatic heterocycles. The van der Waals surface area contributed by atoms with Gasteiger partial charge in [0.25, 0.3) is 0 Å². The standard InChI is InChI=1S/C33H58N2O/c1-3-5-7-9-11-13-14-16-18-20-28-34(27-19-17-15-12-10-8-6-4-2)31-21-23-32(24-22-31)35-29-25-33(36)26-30-35/h21-24H,3-20,25-30H2,1-2H3. The Bertz CT molecular complexity index is 646. The quantitative estimate of drug-likeness (QED) is 0.149. The summed E-state index contributed by atoms with van der Waals surface area (Å²) in [5, 5.41) is 0. The summed E-state index contributed by atoms with van der Waals surface area (Å²) >= 11 is 0. The number of Topliss-reactive ketones (excluding diaryl/α,β-unsaturated/α-hetero) is 1. The number of rotatable bonds is 22. The molecule has 1 saturated heterocycles. The first-order chi connectivity index (χ1) is 17.7. The van der Waals surface area contributed by atoms with Crippen LogP contribution < -0.4 is 9.80 Å². The molecule has 0 saturated carbocycles. The summed E-state index contributed by atoms with van der Waals surface area (Å²) in [6.07, 6.45) is 26.4. The zero-order valence-corrected chi connectivity index (χ0v) is 24.1. The summed E-state index contributed by atoms with van der Waals surface area (Å²) in [6.45, 7) is 8.71. The molecule has 0 spiro atoms. The lowest BCUT2D eigenvalue weighted by Crippen LogP contribution is -2.33. The molecule has 1 aliphatic rings. The number of ketones is 1. The first-order valence-electron chi connectivity index (χ1n) is 15.9. The summed E-state index contributed by atoms with van der Waals surface area (Å²) in [4.78, 5) is 16.6. The number of anilines is 2. The van der Waals surface area contributed by atoms with E-state index in [1.165, 1.54) is 140 Å². The Morgan fingerprint density at radius 1 is 0.583 bits per heavy atom. The van der Waals surface area contributed by atoms with Crippen molar-refractivity contribution in [3.63, 3.8) is 0 Å². The molecule has 1 aromatic rings. The summed E-state index contributed by atoms with van der Waals surface area (Å²) < 4.78 is 0. The largest absolute Gasteiger partial charge is 0.372 e. The van der Waals surface area contributed by atoms with Crippen molar-refractivity contribution in [2.75, 3.05) is 36.0 Å². The Kier molecular flexibility index (Phi) is 17.5. The van der Waals surface area contributed by atoms with E-state index < -0.39 is 0 Å². The monoisotopic (exact) mass is 498 g/mol. The molecule has 1 fully saturated rings. The van der Waals surface area contributed by atoms with Crippen LogP contribution in [0.15, 0.2) is 24.3 Å². The van der Waals surface area contributed by atoms with Crippen molar-refractivity contribution in [1.82, 2.24) is 0 Å². The van der Waals surface area contributed by atoms with Gasteiger partial charge >= 0.3 is 0 Å². The summed E-state index contributed by atoms with van der Waals surface area (Å²) in [7, 11) is 0. The van der Waals surface area contributed by atoms with Crippen molar-refractivity contribution in [2.24, 2.45) is 0 Å². The second-order valence-corrected chi connectivity index (χ2v) is 11.2. The van der Waals surface area contributed by atoms with Gasteiger partial charge in [0.2, 0.25) is 0 Å². The molecule has 0 aliphatic carbocycles. The van der Waals surface area contributed by atoms with Crippen LogP contribution in [0.5, 0.6) is 0 Å². The topological polar surface area (TPSA) is 23.6 Å². The van der Waals surface area contributed by atoms with E-state index in [1.807, 2.05) is 0 Å². The zero-order chi connectivity index (χ0) is 25.7. The molecule has 3 heteroatoms. The molecule has 206 valence electrons. The average Bonchev–Trinajstić information content (AvgIpc) is 2.90. The highest BCUT2D eigenvalue weighted by atomic mass is 16.1. The summed E-state index contributed by atoms with van der Waals surface area (Å²) in [6, 6.07) is 9.22. The molecule has 1 aliphatic heterocycles. The summed E-state index contributed by atoms with van der Waals surface area (Å²) in [5.41, 5.74) is 2.66. The van der Waals surface area contributed by atoms with Crippen molar-refractivity contribution in [1.29, 1.82) is 0 Å². The van der Waals surface area contributed by atoms with Crippen LogP contribution in [0.3, 0.4) is 0 Å². The highest BCUT2D eigenvalue weighted by molar-refractivity contribution is 5.81. The molecule has 0 amide bonds. The number of nitrogens with zero attached hydrogens (tertiary/aromatic N) is 2. The second-order valence-electron chi connectivity index (χ2n) is 11.2. The van der Waals surface area contributed by atoms with Gasteiger partial charge in [0.15, 0.2) is 0 Å². The van der Waals surface area contributed by atoms with Crippen LogP contribution in [0.25, 0.3) is 0 Å². The molecule has 0 bridgehead atoms. The van der Waals surface area contributed by atoms with Gasteiger partial charge in [-0.25, -0.2) is 0 Å². The molecule has 0 radical (unpaired) electrons. The van der Waals surface area contributed by atoms with Gasteiger partial charge in [-0.15, -0.1) is 0 Å². The van der Waals surface area contributed by atoms with Crippen molar-refractivity contribution >= 4 is 17.2 Å². The normalized spacial score (nSPS) is 13.9. The third-order valence-corrected chi connectivity index (χ3v) is 7.96. The fourth-order valence-corrected chi connectivity index (χ4v) is 5.49. The minimum atomic E-state index is 0.413. The smallest absolute Gasteiger partial charge is 0.136 e. The molecule has 1 heterocycles. The summed E-state index contributed by atoms with van der Waals surface area (Å²) in [5.74, 6) is 0.413. The molecule has 0 atom stereocenters. The predicted octanol–water partition coefficient (Wildman–Crippen LogP) is 9.72. The van der Waals surface area contributed by atoms with E-state index in [-0.39, 0.29) is 0 Å². The fourth-order valence-electron chi connectivity index (χ4n) is 5.49. The van der Waals surface area contributed by atoms with Crippen LogP contribution >= 0.6 is 0 Å². The lowest BCUT2D eigenvalue weighted by Gasteiger charge is -2.29. The van der Waals surface area contributed by atoms with Crippen molar-refractivity contribution < 1.29 is 4.79 Å². The van der Waals surface area contributed by atoms with E-state index >= 15 is 0 Å². The van der Waals surface area contributed by atoms with Crippen molar-refractivity contribution in [3.8, 4) is 0 Å². The first-order valence-corrected chi connectivity index (χ1v) is 15.9. The number of unbranched alkanes of at least 4 members (excludes halogenated alkanes) is 16. The van der Waals surface area contributed by atoms with E-state index in [4.69, 9.17) is 0 Å². The predicted molar refractivity (Wildman–Crippen MR) is 160 cm³/mol. The average molecular weight is 499 g/mol. The molecule has 3 nitrogen and oxygen atoms in total. The Hall–Kier alpha value is -1.51. The minimum Gasteiger partial charge on any atom is -0.372 e. The van der Waals surface area contributed by atoms with Gasteiger partial charge in [-0.3, -0.25) is 4.79 Å². The molecular formula is C33H58N2O. The lowest BCUT2D eigenvalue weighted by atomic mass is 10.1. The van der Waals surface area contributed by atoms with E-state index in [0.29, 0.717) is 18.6 Å². The molecule has 36 heavy (non-hydrogen) atoms. The first kappa shape index (κ1) is 30.7. The minimum absolute atomic E-state index is 0.413. The molecule has 0 unspecified atom stereocenters. The zero-order valence-electron chi connectivity index (χ0n) is 24.1. The van der Waals surface area contributed by atoms with Gasteiger partial charge in [0.1, 0.15) is 5.78 Å². The Morgan fingerprint density at radius 3 is 1.39 bits per heavy atom. The Labute approximate surface area is 224 Å². The van der Waals surface area contributed by atoms with E-state index in [1.54, 1.807) is 0 Å². The SMILES string of the molecule is CCCCCCCCCCCCN(CCCCCCCCCC)c1ccc(N2CCC(=O)CC2)cc1. The van der Waals surface area contributed by atoms with Crippen molar-refractivity contribution in [3.05, 3.63) is 24.3 Å². The van der Waals surface area contributed by atoms with E-state index in [9.17, 15) is 4.79 Å². The van der Waals surface area contributed by atoms with Crippen LogP contribution in [-0.2, 0) is 4.79 Å². The van der Waals surface area contributed by atoms with Crippen LogP contribution in [0.1, 0.15) is 142 Å². The highest BCUT2D eigenvalue weighted by Crippen LogP contribution is 2.24. The molecule has 0 N–H and O–H groups in total. The van der Waals surface area contributed by atoms with Gasteiger partial charge in [0.05, 0.1) is 0 Å². The second kappa shape index (κ2) is 20.5. The third kappa shape index (κ3) is 13.7. The van der Waals surface area contributed by atoms with Crippen LogP contribution in [-0.4, -0.2) is 32.0 Å². The van der Waals surface area contributed by atoms with Gasteiger partial charge in [-0.2, -0.15) is 0 Å². The maximum atomic E-state index is 11.6. The maximum absolute atomic E-state index is 11.6. The number of piperidine rings is 1.